The topological polar surface area (TPSA) is 81.4 Å². The normalized spacial score (nSPS) is 11.4. The molecular weight excluding hydrogens is 340 g/mol. The first-order chi connectivity index (χ1) is 13.1. The smallest absolute Gasteiger partial charge is 0.259 e. The Morgan fingerprint density at radius 3 is 2.52 bits per heavy atom. The number of fused-ring (bicyclic) bond motifs is 3. The van der Waals surface area contributed by atoms with Crippen LogP contribution in [0.4, 0.5) is 5.69 Å². The third-order valence-corrected chi connectivity index (χ3v) is 4.55. The zero-order valence-electron chi connectivity index (χ0n) is 14.6. The average Bonchev–Trinajstić information content (AvgIpc) is 3.04. The Kier molecular flexibility index (Phi) is 4.34. The summed E-state index contributed by atoms with van der Waals surface area (Å²) in [6.45, 7) is -0.276. The quantitative estimate of drug-likeness (QED) is 0.574. The van der Waals surface area contributed by atoms with Crippen molar-refractivity contribution in [3.8, 4) is 16.9 Å². The van der Waals surface area contributed by atoms with E-state index in [1.54, 1.807) is 24.3 Å². The maximum atomic E-state index is 12.7. The molecule has 3 aromatic carbocycles. The molecule has 0 unspecified atom stereocenters. The van der Waals surface area contributed by atoms with E-state index in [4.69, 9.17) is 10.5 Å². The van der Waals surface area contributed by atoms with Crippen LogP contribution in [0.1, 0.15) is 21.5 Å². The first kappa shape index (κ1) is 16.8. The molecule has 0 bridgehead atoms. The third-order valence-electron chi connectivity index (χ3n) is 4.55. The zero-order valence-corrected chi connectivity index (χ0v) is 14.6. The Labute approximate surface area is 156 Å². The molecule has 2 amide bonds. The first-order valence-corrected chi connectivity index (χ1v) is 8.64. The molecule has 0 radical (unpaired) electrons. The van der Waals surface area contributed by atoms with Gasteiger partial charge in [0.05, 0.1) is 5.56 Å². The summed E-state index contributed by atoms with van der Waals surface area (Å²) in [5, 5.41) is 2.91. The molecule has 0 heterocycles. The van der Waals surface area contributed by atoms with Gasteiger partial charge in [0.15, 0.2) is 6.61 Å². The maximum absolute atomic E-state index is 12.7. The summed E-state index contributed by atoms with van der Waals surface area (Å²) in [6.07, 6.45) is 0.855. The Bertz CT molecular complexity index is 1040. The number of anilines is 1. The van der Waals surface area contributed by atoms with E-state index in [-0.39, 0.29) is 12.5 Å². The number of primary amides is 1. The van der Waals surface area contributed by atoms with Crippen molar-refractivity contribution in [3.63, 3.8) is 0 Å². The fraction of sp³-hybridized carbons (Fsp3) is 0.0909. The van der Waals surface area contributed by atoms with Crippen molar-refractivity contribution in [2.24, 2.45) is 5.73 Å². The van der Waals surface area contributed by atoms with Crippen LogP contribution in [0.2, 0.25) is 0 Å². The SMILES string of the molecule is NC(=O)COc1ccccc1C(=O)Nc1ccc2c(c1)Cc1ccccc1-2. The third kappa shape index (κ3) is 3.40. The number of carbonyl (C=O) groups excluding carboxylic acids is 2. The van der Waals surface area contributed by atoms with Gasteiger partial charge >= 0.3 is 0 Å². The number of ether oxygens (including phenoxy) is 1. The minimum absolute atomic E-state index is 0.276. The highest BCUT2D eigenvalue weighted by Gasteiger charge is 2.19. The van der Waals surface area contributed by atoms with Crippen LogP contribution in [0.5, 0.6) is 5.75 Å². The van der Waals surface area contributed by atoms with Gasteiger partial charge in [0.1, 0.15) is 5.75 Å². The summed E-state index contributed by atoms with van der Waals surface area (Å²) in [4.78, 5) is 23.6. The van der Waals surface area contributed by atoms with Gasteiger partial charge in [-0.1, -0.05) is 42.5 Å². The highest BCUT2D eigenvalue weighted by Crippen LogP contribution is 2.37. The molecule has 5 heteroatoms. The van der Waals surface area contributed by atoms with E-state index in [0.717, 1.165) is 12.1 Å². The summed E-state index contributed by atoms with van der Waals surface area (Å²) in [5.74, 6) is -0.573. The van der Waals surface area contributed by atoms with Crippen molar-refractivity contribution in [3.05, 3.63) is 83.4 Å². The molecule has 3 aromatic rings. The Morgan fingerprint density at radius 2 is 1.67 bits per heavy atom. The molecule has 0 spiro atoms. The Hall–Kier alpha value is -3.60. The van der Waals surface area contributed by atoms with Gasteiger partial charge in [0, 0.05) is 5.69 Å². The number of hydrogen-bond donors (Lipinski definition) is 2. The monoisotopic (exact) mass is 358 g/mol. The van der Waals surface area contributed by atoms with E-state index < -0.39 is 5.91 Å². The first-order valence-electron chi connectivity index (χ1n) is 8.64. The number of hydrogen-bond acceptors (Lipinski definition) is 3. The molecule has 1 aliphatic rings. The van der Waals surface area contributed by atoms with Crippen molar-refractivity contribution < 1.29 is 14.3 Å². The van der Waals surface area contributed by atoms with E-state index in [1.807, 2.05) is 30.3 Å². The summed E-state index contributed by atoms with van der Waals surface area (Å²) >= 11 is 0. The van der Waals surface area contributed by atoms with Gasteiger partial charge < -0.3 is 15.8 Å². The summed E-state index contributed by atoms with van der Waals surface area (Å²) in [6, 6.07) is 21.0. The van der Waals surface area contributed by atoms with Gasteiger partial charge in [-0.05, 0) is 52.9 Å². The van der Waals surface area contributed by atoms with E-state index >= 15 is 0 Å². The van der Waals surface area contributed by atoms with Crippen LogP contribution < -0.4 is 15.8 Å². The average molecular weight is 358 g/mol. The predicted octanol–water partition coefficient (Wildman–Crippen LogP) is 3.37. The molecule has 0 saturated carbocycles. The lowest BCUT2D eigenvalue weighted by atomic mass is 10.1. The highest BCUT2D eigenvalue weighted by atomic mass is 16.5. The van der Waals surface area contributed by atoms with Crippen molar-refractivity contribution in [1.82, 2.24) is 0 Å². The summed E-state index contributed by atoms with van der Waals surface area (Å²) in [7, 11) is 0. The minimum atomic E-state index is -0.594. The maximum Gasteiger partial charge on any atom is 0.259 e. The second-order valence-electron chi connectivity index (χ2n) is 6.41. The molecule has 4 rings (SSSR count). The minimum Gasteiger partial charge on any atom is -0.483 e. The predicted molar refractivity (Wildman–Crippen MR) is 104 cm³/mol. The number of para-hydroxylation sites is 1. The van der Waals surface area contributed by atoms with Crippen LogP contribution in [0, 0.1) is 0 Å². The van der Waals surface area contributed by atoms with E-state index in [9.17, 15) is 9.59 Å². The molecule has 1 aliphatic carbocycles. The fourth-order valence-electron chi connectivity index (χ4n) is 3.35. The Morgan fingerprint density at radius 1 is 0.926 bits per heavy atom. The fourth-order valence-corrected chi connectivity index (χ4v) is 3.35. The van der Waals surface area contributed by atoms with Gasteiger partial charge in [0.25, 0.3) is 11.8 Å². The number of nitrogens with two attached hydrogens (primary N) is 1. The standard InChI is InChI=1S/C22H18N2O3/c23-21(25)13-27-20-8-4-3-7-19(20)22(26)24-16-9-10-18-15(12-16)11-14-5-1-2-6-17(14)18/h1-10,12H,11,13H2,(H2,23,25)(H,24,26). The zero-order chi connectivity index (χ0) is 18.8. The molecule has 27 heavy (non-hydrogen) atoms. The second kappa shape index (κ2) is 6.96. The second-order valence-corrected chi connectivity index (χ2v) is 6.41. The molecular formula is C22H18N2O3. The van der Waals surface area contributed by atoms with E-state index in [2.05, 4.69) is 17.4 Å². The van der Waals surface area contributed by atoms with Gasteiger partial charge in [-0.25, -0.2) is 0 Å². The van der Waals surface area contributed by atoms with Gasteiger partial charge in [-0.2, -0.15) is 0 Å². The van der Waals surface area contributed by atoms with E-state index in [0.29, 0.717) is 11.3 Å². The van der Waals surface area contributed by atoms with Crippen LogP contribution in [0.3, 0.4) is 0 Å². The van der Waals surface area contributed by atoms with Crippen molar-refractivity contribution >= 4 is 17.5 Å². The highest BCUT2D eigenvalue weighted by molar-refractivity contribution is 6.06. The summed E-state index contributed by atoms with van der Waals surface area (Å²) in [5.41, 5.74) is 11.1. The molecule has 5 nitrogen and oxygen atoms in total. The number of benzene rings is 3. The number of rotatable bonds is 5. The van der Waals surface area contributed by atoms with Crippen molar-refractivity contribution in [2.75, 3.05) is 11.9 Å². The van der Waals surface area contributed by atoms with Gasteiger partial charge in [-0.15, -0.1) is 0 Å². The molecule has 0 aromatic heterocycles. The number of carbonyl (C=O) groups is 2. The van der Waals surface area contributed by atoms with Crippen LogP contribution in [-0.2, 0) is 11.2 Å². The molecule has 0 aliphatic heterocycles. The van der Waals surface area contributed by atoms with Crippen molar-refractivity contribution in [1.29, 1.82) is 0 Å². The molecule has 0 saturated heterocycles. The van der Waals surface area contributed by atoms with Gasteiger partial charge in [-0.3, -0.25) is 9.59 Å². The lowest BCUT2D eigenvalue weighted by molar-refractivity contribution is -0.119. The van der Waals surface area contributed by atoms with Crippen LogP contribution in [-0.4, -0.2) is 18.4 Å². The molecule has 3 N–H and O–H groups in total. The number of amides is 2. The lowest BCUT2D eigenvalue weighted by Gasteiger charge is -2.11. The van der Waals surface area contributed by atoms with Gasteiger partial charge in [0.2, 0.25) is 0 Å². The van der Waals surface area contributed by atoms with Crippen LogP contribution in [0.25, 0.3) is 11.1 Å². The summed E-state index contributed by atoms with van der Waals surface area (Å²) < 4.78 is 5.34. The van der Waals surface area contributed by atoms with Crippen LogP contribution in [0.15, 0.2) is 66.7 Å². The van der Waals surface area contributed by atoms with E-state index in [1.165, 1.54) is 22.3 Å². The van der Waals surface area contributed by atoms with Crippen LogP contribution >= 0.6 is 0 Å². The largest absolute Gasteiger partial charge is 0.483 e. The lowest BCUT2D eigenvalue weighted by Crippen LogP contribution is -2.21. The number of nitrogens with one attached hydrogen (secondary N) is 1. The van der Waals surface area contributed by atoms with Crippen molar-refractivity contribution in [2.45, 2.75) is 6.42 Å². The Balaban J connectivity index is 1.55. The molecule has 0 fully saturated rings. The molecule has 134 valence electrons. The molecule has 0 atom stereocenters.